The predicted octanol–water partition coefficient (Wildman–Crippen LogP) is -1.32. The van der Waals surface area contributed by atoms with Gasteiger partial charge in [0.2, 0.25) is 5.91 Å². The van der Waals surface area contributed by atoms with Gasteiger partial charge in [-0.3, -0.25) is 9.59 Å². The monoisotopic (exact) mass is 217 g/mol. The highest BCUT2D eigenvalue weighted by atomic mass is 16.5. The van der Waals surface area contributed by atoms with Gasteiger partial charge in [0.25, 0.3) is 5.91 Å². The number of nitrogens with zero attached hydrogens (tertiary/aromatic N) is 1. The zero-order valence-electron chi connectivity index (χ0n) is 9.40. The molecule has 0 aromatic rings. The van der Waals surface area contributed by atoms with Crippen LogP contribution in [-0.2, 0) is 14.3 Å². The number of carbonyl (C=O) groups excluding carboxylic acids is 2. The Morgan fingerprint density at radius 2 is 1.93 bits per heavy atom. The van der Waals surface area contributed by atoms with Gasteiger partial charge < -0.3 is 21.1 Å². The van der Waals surface area contributed by atoms with Crippen LogP contribution < -0.4 is 11.5 Å². The third kappa shape index (κ3) is 4.26. The van der Waals surface area contributed by atoms with E-state index in [9.17, 15) is 9.59 Å². The van der Waals surface area contributed by atoms with Crippen LogP contribution in [0.2, 0.25) is 0 Å². The lowest BCUT2D eigenvalue weighted by atomic mass is 10.2. The van der Waals surface area contributed by atoms with Crippen molar-refractivity contribution in [2.75, 3.05) is 20.2 Å². The fourth-order valence-corrected chi connectivity index (χ4v) is 1.17. The quantitative estimate of drug-likeness (QED) is 0.576. The summed E-state index contributed by atoms with van der Waals surface area (Å²) >= 11 is 0. The summed E-state index contributed by atoms with van der Waals surface area (Å²) in [5, 5.41) is 0. The second kappa shape index (κ2) is 6.36. The molecule has 0 saturated heterocycles. The molecule has 6 heteroatoms. The Morgan fingerprint density at radius 1 is 1.40 bits per heavy atom. The largest absolute Gasteiger partial charge is 0.370 e. The van der Waals surface area contributed by atoms with Gasteiger partial charge >= 0.3 is 0 Å². The number of hydrogen-bond acceptors (Lipinski definition) is 4. The molecule has 88 valence electrons. The second-order valence-corrected chi connectivity index (χ2v) is 3.49. The van der Waals surface area contributed by atoms with Crippen molar-refractivity contribution in [3.8, 4) is 0 Å². The molecule has 0 aromatic carbocycles. The Kier molecular flexibility index (Phi) is 5.88. The van der Waals surface area contributed by atoms with Gasteiger partial charge in [-0.25, -0.2) is 0 Å². The highest BCUT2D eigenvalue weighted by Gasteiger charge is 2.25. The third-order valence-corrected chi connectivity index (χ3v) is 2.01. The number of ether oxygens (including phenoxy) is 1. The normalized spacial score (nSPS) is 12.6. The molecule has 0 radical (unpaired) electrons. The fraction of sp³-hybridized carbons (Fsp3) is 0.778. The molecule has 0 heterocycles. The average molecular weight is 217 g/mol. The van der Waals surface area contributed by atoms with E-state index >= 15 is 0 Å². The van der Waals surface area contributed by atoms with Crippen molar-refractivity contribution in [3.05, 3.63) is 0 Å². The zero-order valence-corrected chi connectivity index (χ0v) is 9.40. The number of primary amides is 1. The number of carbonyl (C=O) groups is 2. The summed E-state index contributed by atoms with van der Waals surface area (Å²) < 4.78 is 4.91. The van der Waals surface area contributed by atoms with Crippen LogP contribution in [0.3, 0.4) is 0 Å². The van der Waals surface area contributed by atoms with Gasteiger partial charge in [0.15, 0.2) is 0 Å². The highest BCUT2D eigenvalue weighted by molar-refractivity contribution is 5.86. The van der Waals surface area contributed by atoms with Crippen molar-refractivity contribution in [2.45, 2.75) is 26.0 Å². The van der Waals surface area contributed by atoms with Crippen LogP contribution >= 0.6 is 0 Å². The summed E-state index contributed by atoms with van der Waals surface area (Å²) in [7, 11) is 1.40. The Bertz CT molecular complexity index is 227. The van der Waals surface area contributed by atoms with E-state index in [1.54, 1.807) is 13.8 Å². The molecule has 0 bridgehead atoms. The van der Waals surface area contributed by atoms with Crippen molar-refractivity contribution in [1.82, 2.24) is 4.90 Å². The summed E-state index contributed by atoms with van der Waals surface area (Å²) in [4.78, 5) is 23.9. The first-order valence-corrected chi connectivity index (χ1v) is 4.75. The molecule has 0 saturated carbocycles. The van der Waals surface area contributed by atoms with Crippen LogP contribution in [0, 0.1) is 0 Å². The van der Waals surface area contributed by atoms with Gasteiger partial charge in [0.05, 0.1) is 6.54 Å². The van der Waals surface area contributed by atoms with E-state index < -0.39 is 12.0 Å². The topological polar surface area (TPSA) is 98.7 Å². The minimum atomic E-state index is -0.716. The highest BCUT2D eigenvalue weighted by Crippen LogP contribution is 2.03. The Balaban J connectivity index is 4.60. The molecule has 1 unspecified atom stereocenters. The van der Waals surface area contributed by atoms with Gasteiger partial charge in [-0.1, -0.05) is 0 Å². The fourth-order valence-electron chi connectivity index (χ4n) is 1.17. The molecule has 6 nitrogen and oxygen atoms in total. The maximum Gasteiger partial charge on any atom is 0.253 e. The van der Waals surface area contributed by atoms with Gasteiger partial charge in [0, 0.05) is 19.7 Å². The molecular formula is C9H19N3O3. The molecule has 0 spiro atoms. The summed E-state index contributed by atoms with van der Waals surface area (Å²) in [6, 6.07) is -0.116. The molecule has 1 atom stereocenters. The number of hydrogen-bond donors (Lipinski definition) is 2. The van der Waals surface area contributed by atoms with E-state index in [1.165, 1.54) is 12.0 Å². The minimum absolute atomic E-state index is 0.0807. The Hall–Kier alpha value is -1.14. The van der Waals surface area contributed by atoms with Gasteiger partial charge in [-0.2, -0.15) is 0 Å². The summed E-state index contributed by atoms with van der Waals surface area (Å²) in [6.07, 6.45) is -0.716. The summed E-state index contributed by atoms with van der Waals surface area (Å²) in [5.74, 6) is -0.863. The first-order valence-electron chi connectivity index (χ1n) is 4.75. The van der Waals surface area contributed by atoms with Crippen molar-refractivity contribution >= 4 is 11.8 Å². The number of rotatable bonds is 6. The summed E-state index contributed by atoms with van der Waals surface area (Å²) in [6.45, 7) is 3.56. The summed E-state index contributed by atoms with van der Waals surface area (Å²) in [5.41, 5.74) is 10.4. The molecular weight excluding hydrogens is 198 g/mol. The lowest BCUT2D eigenvalue weighted by Crippen LogP contribution is -2.49. The van der Waals surface area contributed by atoms with Crippen molar-refractivity contribution in [2.24, 2.45) is 11.5 Å². The second-order valence-electron chi connectivity index (χ2n) is 3.49. The van der Waals surface area contributed by atoms with Crippen molar-refractivity contribution in [3.63, 3.8) is 0 Å². The first kappa shape index (κ1) is 13.9. The van der Waals surface area contributed by atoms with Gasteiger partial charge in [-0.05, 0) is 13.8 Å². The molecule has 15 heavy (non-hydrogen) atoms. The molecule has 0 aliphatic heterocycles. The van der Waals surface area contributed by atoms with E-state index in [0.717, 1.165) is 0 Å². The molecule has 0 aliphatic rings. The third-order valence-electron chi connectivity index (χ3n) is 2.01. The first-order chi connectivity index (χ1) is 6.93. The molecule has 0 aliphatic carbocycles. The van der Waals surface area contributed by atoms with Crippen molar-refractivity contribution < 1.29 is 14.3 Å². The van der Waals surface area contributed by atoms with Crippen LogP contribution in [0.15, 0.2) is 0 Å². The lowest BCUT2D eigenvalue weighted by Gasteiger charge is -2.28. The maximum atomic E-state index is 11.8. The predicted molar refractivity (Wildman–Crippen MR) is 55.9 cm³/mol. The average Bonchev–Trinajstić information content (AvgIpc) is 2.15. The standard InChI is InChI=1S/C9H19N3O3/c1-6(2)12(5-8(11)13)9(14)7(4-10)15-3/h6-7H,4-5,10H2,1-3H3,(H2,11,13). The van der Waals surface area contributed by atoms with E-state index in [2.05, 4.69) is 0 Å². The number of methoxy groups -OCH3 is 1. The van der Waals surface area contributed by atoms with Gasteiger partial charge in [-0.15, -0.1) is 0 Å². The van der Waals surface area contributed by atoms with E-state index in [1.807, 2.05) is 0 Å². The Labute approximate surface area is 89.5 Å². The van der Waals surface area contributed by atoms with Crippen molar-refractivity contribution in [1.29, 1.82) is 0 Å². The SMILES string of the molecule is COC(CN)C(=O)N(CC(N)=O)C(C)C. The van der Waals surface area contributed by atoms with Crippen LogP contribution in [0.25, 0.3) is 0 Å². The number of amides is 2. The van der Waals surface area contributed by atoms with Crippen LogP contribution in [0.1, 0.15) is 13.8 Å². The number of nitrogens with two attached hydrogens (primary N) is 2. The minimum Gasteiger partial charge on any atom is -0.370 e. The smallest absolute Gasteiger partial charge is 0.253 e. The van der Waals surface area contributed by atoms with E-state index in [4.69, 9.17) is 16.2 Å². The van der Waals surface area contributed by atoms with Crippen LogP contribution in [0.4, 0.5) is 0 Å². The van der Waals surface area contributed by atoms with Gasteiger partial charge in [0.1, 0.15) is 6.10 Å². The molecule has 0 aromatic heterocycles. The Morgan fingerprint density at radius 3 is 2.20 bits per heavy atom. The molecule has 4 N–H and O–H groups in total. The van der Waals surface area contributed by atoms with E-state index in [0.29, 0.717) is 0 Å². The molecule has 2 amide bonds. The van der Waals surface area contributed by atoms with E-state index in [-0.39, 0.29) is 25.0 Å². The van der Waals surface area contributed by atoms with Crippen LogP contribution in [0.5, 0.6) is 0 Å². The lowest BCUT2D eigenvalue weighted by molar-refractivity contribution is -0.145. The maximum absolute atomic E-state index is 11.8. The van der Waals surface area contributed by atoms with Crippen LogP contribution in [-0.4, -0.2) is 49.1 Å². The molecule has 0 fully saturated rings. The molecule has 0 rings (SSSR count). The zero-order chi connectivity index (χ0) is 12.0.